The molecule has 0 spiro atoms. The quantitative estimate of drug-likeness (QED) is 0.379. The van der Waals surface area contributed by atoms with E-state index in [1.54, 1.807) is 52.3 Å². The van der Waals surface area contributed by atoms with Crippen molar-refractivity contribution in [2.24, 2.45) is 23.2 Å². The number of carbonyl (C=O) groups excluding carboxylic acids is 6. The molecule has 3 rings (SSSR count). The van der Waals surface area contributed by atoms with Gasteiger partial charge in [0.25, 0.3) is 0 Å². The number of carbonyl (C=O) groups is 6. The van der Waals surface area contributed by atoms with E-state index in [2.05, 4.69) is 10.6 Å². The fraction of sp³-hybridized carbons (Fsp3) is 0.714. The number of cyclic esters (lactones) is 1. The van der Waals surface area contributed by atoms with E-state index in [-0.39, 0.29) is 43.6 Å². The largest absolute Gasteiger partial charge is 0.497 e. The molecule has 2 heterocycles. The van der Waals surface area contributed by atoms with Gasteiger partial charge < -0.3 is 39.9 Å². The summed E-state index contributed by atoms with van der Waals surface area (Å²) in [7, 11) is 4.59. The summed E-state index contributed by atoms with van der Waals surface area (Å²) in [6.07, 6.45) is 0.722. The molecule has 14 heteroatoms. The van der Waals surface area contributed by atoms with Gasteiger partial charge in [0.05, 0.1) is 19.1 Å². The second-order valence-electron chi connectivity index (χ2n) is 17.0. The lowest BCUT2D eigenvalue weighted by molar-refractivity contribution is -0.166. The van der Waals surface area contributed by atoms with E-state index in [4.69, 9.17) is 9.47 Å². The number of benzene rings is 1. The number of hydrogen-bond donors (Lipinski definition) is 3. The van der Waals surface area contributed by atoms with Crippen LogP contribution in [0.25, 0.3) is 0 Å². The molecule has 2 aliphatic rings. The lowest BCUT2D eigenvalue weighted by Crippen LogP contribution is -2.59. The number of esters is 1. The van der Waals surface area contributed by atoms with Crippen molar-refractivity contribution in [3.63, 3.8) is 0 Å². The standard InChI is InChI=1S/C42H67N5O9/c1-12-26(3)36-40(53)47-21-13-14-32(47)41(54)56-34(42(6,7)8)23-25(2)22-33(48)27(4)37(50)43-20-19-35(49)44-31(24-29-15-17-30(55-11)18-16-29)39(52)45(9)28(5)38(51)46(36)10/h15-18,25-28,31-34,36,48H,12-14,19-24H2,1-11H3,(H,43,50)(H,44,49)/t25-,26-,27-,28-,31-,32-,33-,34-,36-/m0/s1. The molecule has 2 fully saturated rings. The maximum absolute atomic E-state index is 14.5. The highest BCUT2D eigenvalue weighted by atomic mass is 16.5. The predicted molar refractivity (Wildman–Crippen MR) is 212 cm³/mol. The van der Waals surface area contributed by atoms with Crippen LogP contribution in [0.2, 0.25) is 0 Å². The van der Waals surface area contributed by atoms with Crippen LogP contribution < -0.4 is 15.4 Å². The molecule has 0 unspecified atom stereocenters. The minimum atomic E-state index is -1.06. The van der Waals surface area contributed by atoms with E-state index in [0.29, 0.717) is 38.0 Å². The van der Waals surface area contributed by atoms with E-state index in [1.807, 2.05) is 41.5 Å². The Morgan fingerprint density at radius 1 is 0.946 bits per heavy atom. The van der Waals surface area contributed by atoms with E-state index < -0.39 is 77.3 Å². The summed E-state index contributed by atoms with van der Waals surface area (Å²) in [5, 5.41) is 16.6. The number of nitrogens with one attached hydrogen (secondary N) is 2. The molecule has 14 nitrogen and oxygen atoms in total. The SMILES string of the molecule is CC[C@H](C)[C@H]1C(=O)N2CCC[C@H]2C(=O)O[C@H](C(C)(C)C)C[C@@H](C)C[C@H](O)[C@H](C)C(=O)NCCC(=O)N[C@@H](Cc2ccc(OC)cc2)C(=O)N(C)[C@@H](C)C(=O)N1C. The summed E-state index contributed by atoms with van der Waals surface area (Å²) in [6.45, 7) is 15.2. The molecule has 1 aromatic rings. The van der Waals surface area contributed by atoms with Crippen LogP contribution in [0.15, 0.2) is 24.3 Å². The Balaban J connectivity index is 2.01. The van der Waals surface area contributed by atoms with Gasteiger partial charge in [0.2, 0.25) is 29.5 Å². The molecule has 2 aliphatic heterocycles. The van der Waals surface area contributed by atoms with Crippen LogP contribution in [0.3, 0.4) is 0 Å². The number of rotatable bonds is 5. The van der Waals surface area contributed by atoms with Gasteiger partial charge in [-0.25, -0.2) is 4.79 Å². The number of amides is 5. The molecular formula is C42H67N5O9. The number of methoxy groups -OCH3 is 1. The van der Waals surface area contributed by atoms with Crippen molar-refractivity contribution in [2.45, 2.75) is 137 Å². The third-order valence-corrected chi connectivity index (χ3v) is 11.7. The average Bonchev–Trinajstić information content (AvgIpc) is 3.65. The second kappa shape index (κ2) is 20.3. The van der Waals surface area contributed by atoms with Crippen molar-refractivity contribution in [3.05, 3.63) is 29.8 Å². The first-order valence-corrected chi connectivity index (χ1v) is 20.1. The van der Waals surface area contributed by atoms with Crippen LogP contribution in [-0.4, -0.2) is 126 Å². The van der Waals surface area contributed by atoms with Crippen LogP contribution in [-0.2, 0) is 39.9 Å². The van der Waals surface area contributed by atoms with E-state index in [9.17, 15) is 33.9 Å². The van der Waals surface area contributed by atoms with Crippen LogP contribution in [0, 0.1) is 23.2 Å². The lowest BCUT2D eigenvalue weighted by atomic mass is 9.81. The maximum atomic E-state index is 14.5. The number of aliphatic hydroxyl groups excluding tert-OH is 1. The number of aliphatic hydroxyl groups is 1. The van der Waals surface area contributed by atoms with Crippen molar-refractivity contribution in [1.82, 2.24) is 25.3 Å². The Morgan fingerprint density at radius 3 is 2.18 bits per heavy atom. The summed E-state index contributed by atoms with van der Waals surface area (Å²) in [5.41, 5.74) is 0.276. The van der Waals surface area contributed by atoms with Gasteiger partial charge in [0, 0.05) is 40.0 Å². The molecule has 0 aromatic heterocycles. The number of likely N-dealkylation sites (N-methyl/N-ethyl adjacent to an activating group) is 2. The maximum Gasteiger partial charge on any atom is 0.329 e. The number of fused-ring (bicyclic) bond motifs is 1. The number of ether oxygens (including phenoxy) is 2. The van der Waals surface area contributed by atoms with Crippen molar-refractivity contribution in [2.75, 3.05) is 34.3 Å². The van der Waals surface area contributed by atoms with E-state index in [0.717, 1.165) is 5.56 Å². The first-order valence-electron chi connectivity index (χ1n) is 20.1. The Kier molecular flexibility index (Phi) is 16.7. The monoisotopic (exact) mass is 785 g/mol. The number of hydrogen-bond acceptors (Lipinski definition) is 9. The third kappa shape index (κ3) is 11.9. The summed E-state index contributed by atoms with van der Waals surface area (Å²) < 4.78 is 11.5. The molecule has 3 N–H and O–H groups in total. The first-order chi connectivity index (χ1) is 26.2. The molecule has 0 saturated carbocycles. The topological polar surface area (TPSA) is 175 Å². The zero-order chi connectivity index (χ0) is 42.1. The molecule has 2 saturated heterocycles. The summed E-state index contributed by atoms with van der Waals surface area (Å²) >= 11 is 0. The Morgan fingerprint density at radius 2 is 1.59 bits per heavy atom. The fourth-order valence-electron chi connectivity index (χ4n) is 7.47. The van der Waals surface area contributed by atoms with Crippen LogP contribution >= 0.6 is 0 Å². The van der Waals surface area contributed by atoms with Crippen LogP contribution in [0.1, 0.15) is 99.5 Å². The Hall–Kier alpha value is -4.20. The van der Waals surface area contributed by atoms with Crippen molar-refractivity contribution in [3.8, 4) is 5.75 Å². The molecule has 9 atom stereocenters. The van der Waals surface area contributed by atoms with Gasteiger partial charge >= 0.3 is 5.97 Å². The number of nitrogens with zero attached hydrogens (tertiary/aromatic N) is 3. The zero-order valence-electron chi connectivity index (χ0n) is 35.4. The molecule has 0 aliphatic carbocycles. The highest BCUT2D eigenvalue weighted by Gasteiger charge is 2.44. The van der Waals surface area contributed by atoms with Gasteiger partial charge in [-0.15, -0.1) is 0 Å². The van der Waals surface area contributed by atoms with Crippen molar-refractivity contribution in [1.29, 1.82) is 0 Å². The molecule has 1 aromatic carbocycles. The minimum absolute atomic E-state index is 0.0263. The van der Waals surface area contributed by atoms with Crippen molar-refractivity contribution >= 4 is 35.5 Å². The minimum Gasteiger partial charge on any atom is -0.497 e. The molecular weight excluding hydrogens is 718 g/mol. The first kappa shape index (κ1) is 46.2. The van der Waals surface area contributed by atoms with Crippen LogP contribution in [0.5, 0.6) is 5.75 Å². The van der Waals surface area contributed by atoms with Gasteiger partial charge in [-0.1, -0.05) is 67.0 Å². The summed E-state index contributed by atoms with van der Waals surface area (Å²) in [4.78, 5) is 87.3. The average molecular weight is 786 g/mol. The van der Waals surface area contributed by atoms with Gasteiger partial charge in [-0.05, 0) is 67.6 Å². The molecule has 314 valence electrons. The fourth-order valence-corrected chi connectivity index (χ4v) is 7.47. The predicted octanol–water partition coefficient (Wildman–Crippen LogP) is 3.32. The van der Waals surface area contributed by atoms with Gasteiger partial charge in [-0.2, -0.15) is 0 Å². The van der Waals surface area contributed by atoms with Gasteiger partial charge in [-0.3, -0.25) is 24.0 Å². The lowest BCUT2D eigenvalue weighted by Gasteiger charge is -2.39. The second-order valence-corrected chi connectivity index (χ2v) is 17.0. The van der Waals surface area contributed by atoms with Gasteiger partial charge in [0.1, 0.15) is 36.0 Å². The molecule has 5 amide bonds. The highest BCUT2D eigenvalue weighted by molar-refractivity contribution is 5.95. The highest BCUT2D eigenvalue weighted by Crippen LogP contribution is 2.32. The Bertz CT molecular complexity index is 1530. The zero-order valence-corrected chi connectivity index (χ0v) is 35.4. The summed E-state index contributed by atoms with van der Waals surface area (Å²) in [5.74, 6) is -3.33. The molecule has 56 heavy (non-hydrogen) atoms. The van der Waals surface area contributed by atoms with E-state index >= 15 is 0 Å². The van der Waals surface area contributed by atoms with Crippen molar-refractivity contribution < 1.29 is 43.3 Å². The van der Waals surface area contributed by atoms with Crippen LogP contribution in [0.4, 0.5) is 0 Å². The van der Waals surface area contributed by atoms with E-state index in [1.165, 1.54) is 21.7 Å². The molecule has 0 bridgehead atoms. The van der Waals surface area contributed by atoms with Gasteiger partial charge in [0.15, 0.2) is 0 Å². The third-order valence-electron chi connectivity index (χ3n) is 11.7. The summed E-state index contributed by atoms with van der Waals surface area (Å²) in [6, 6.07) is 3.24. The Labute approximate surface area is 333 Å². The molecule has 0 radical (unpaired) electrons. The normalized spacial score (nSPS) is 29.5. The smallest absolute Gasteiger partial charge is 0.329 e.